The molecule has 218 valence electrons. The van der Waals surface area contributed by atoms with E-state index in [0.29, 0.717) is 11.3 Å². The Bertz CT molecular complexity index is 1450. The summed E-state index contributed by atoms with van der Waals surface area (Å²) in [6, 6.07) is 16.8. The quantitative estimate of drug-likeness (QED) is 0.422. The van der Waals surface area contributed by atoms with Crippen LogP contribution in [0.2, 0.25) is 0 Å². The second kappa shape index (κ2) is 10.8. The zero-order chi connectivity index (χ0) is 29.4. The van der Waals surface area contributed by atoms with Crippen LogP contribution in [0.25, 0.3) is 0 Å². The molecule has 2 heterocycles. The first-order valence-corrected chi connectivity index (χ1v) is 13.3. The second-order valence-corrected chi connectivity index (χ2v) is 10.8. The minimum atomic E-state index is -3.82. The third-order valence-corrected chi connectivity index (χ3v) is 7.97. The molecule has 41 heavy (non-hydrogen) atoms. The number of aliphatic hydroxyl groups is 1. The first kappa shape index (κ1) is 28.6. The summed E-state index contributed by atoms with van der Waals surface area (Å²) in [5.74, 6) is -9.01. The van der Waals surface area contributed by atoms with E-state index in [1.807, 2.05) is 0 Å². The van der Waals surface area contributed by atoms with Crippen LogP contribution >= 0.6 is 0 Å². The Morgan fingerprint density at radius 1 is 1.05 bits per heavy atom. The monoisotopic (exact) mass is 574 g/mol. The van der Waals surface area contributed by atoms with Crippen molar-refractivity contribution in [1.29, 1.82) is 0 Å². The molecule has 2 aliphatic rings. The van der Waals surface area contributed by atoms with Crippen molar-refractivity contribution in [2.24, 2.45) is 5.92 Å². The van der Waals surface area contributed by atoms with Crippen molar-refractivity contribution in [3.63, 3.8) is 0 Å². The summed E-state index contributed by atoms with van der Waals surface area (Å²) >= 11 is 0. The van der Waals surface area contributed by atoms with E-state index in [-0.39, 0.29) is 18.8 Å². The Kier molecular flexibility index (Phi) is 7.54. The number of para-hydroxylation sites is 1. The average Bonchev–Trinajstić information content (AvgIpc) is 2.95. The Morgan fingerprint density at radius 2 is 1.71 bits per heavy atom. The average molecular weight is 575 g/mol. The Balaban J connectivity index is 1.32. The molecule has 3 aromatic rings. The van der Waals surface area contributed by atoms with Crippen molar-refractivity contribution >= 4 is 11.6 Å². The number of nitrogen functional groups attached to an aromatic ring is 1. The van der Waals surface area contributed by atoms with Crippen LogP contribution in [-0.4, -0.2) is 56.0 Å². The van der Waals surface area contributed by atoms with E-state index in [1.165, 1.54) is 0 Å². The van der Waals surface area contributed by atoms with Gasteiger partial charge in [-0.05, 0) is 24.1 Å². The van der Waals surface area contributed by atoms with Crippen molar-refractivity contribution in [2.45, 2.75) is 55.6 Å². The number of aromatic nitrogens is 2. The maximum Gasteiger partial charge on any atom is 0.295 e. The van der Waals surface area contributed by atoms with Gasteiger partial charge in [-0.2, -0.15) is 0 Å². The molecule has 2 aromatic carbocycles. The normalized spacial score (nSPS) is 25.4. The number of amides is 1. The van der Waals surface area contributed by atoms with Gasteiger partial charge in [0.2, 0.25) is 17.7 Å². The maximum absolute atomic E-state index is 15.5. The number of piperidine rings is 1. The van der Waals surface area contributed by atoms with E-state index in [1.54, 1.807) is 60.7 Å². The van der Waals surface area contributed by atoms with Gasteiger partial charge in [-0.25, -0.2) is 22.5 Å². The largest absolute Gasteiger partial charge is 0.437 e. The SMILES string of the molecule is Nc1c(Oc2ccccc2)ncn(C[C@]2(O)CCN(C(=O)[C@@H]3CCC(F)(F)C[C@H]3c3ccccc3)CC2(F)F)c1=O. The molecular weight excluding hydrogens is 544 g/mol. The first-order chi connectivity index (χ1) is 19.4. The molecule has 0 radical (unpaired) electrons. The molecule has 1 saturated carbocycles. The molecule has 0 spiro atoms. The first-order valence-electron chi connectivity index (χ1n) is 13.3. The number of alkyl halides is 4. The van der Waals surface area contributed by atoms with Crippen LogP contribution in [-0.2, 0) is 11.3 Å². The van der Waals surface area contributed by atoms with Gasteiger partial charge in [0.05, 0.1) is 13.1 Å². The van der Waals surface area contributed by atoms with Gasteiger partial charge in [-0.15, -0.1) is 0 Å². The highest BCUT2D eigenvalue weighted by Crippen LogP contribution is 2.47. The molecule has 1 saturated heterocycles. The van der Waals surface area contributed by atoms with Gasteiger partial charge in [-0.1, -0.05) is 48.5 Å². The molecule has 1 amide bonds. The van der Waals surface area contributed by atoms with Crippen LogP contribution in [0.3, 0.4) is 0 Å². The molecule has 2 fully saturated rings. The predicted molar refractivity (Wildman–Crippen MR) is 142 cm³/mol. The van der Waals surface area contributed by atoms with Crippen molar-refractivity contribution in [3.05, 3.63) is 82.9 Å². The van der Waals surface area contributed by atoms with E-state index < -0.39 is 78.8 Å². The Morgan fingerprint density at radius 3 is 2.37 bits per heavy atom. The molecule has 3 N–H and O–H groups in total. The number of halogens is 4. The van der Waals surface area contributed by atoms with Crippen LogP contribution in [0.1, 0.15) is 37.2 Å². The summed E-state index contributed by atoms with van der Waals surface area (Å²) < 4.78 is 65.9. The van der Waals surface area contributed by atoms with Gasteiger partial charge < -0.3 is 20.5 Å². The lowest BCUT2D eigenvalue weighted by atomic mass is 9.73. The molecule has 8 nitrogen and oxygen atoms in total. The van der Waals surface area contributed by atoms with Gasteiger partial charge in [0, 0.05) is 37.6 Å². The van der Waals surface area contributed by atoms with Crippen molar-refractivity contribution in [2.75, 3.05) is 18.8 Å². The third-order valence-electron chi connectivity index (χ3n) is 7.97. The van der Waals surface area contributed by atoms with Crippen LogP contribution < -0.4 is 16.0 Å². The van der Waals surface area contributed by atoms with Crippen LogP contribution in [0, 0.1) is 5.92 Å². The summed E-state index contributed by atoms with van der Waals surface area (Å²) in [5.41, 5.74) is 2.44. The fraction of sp³-hybridized carbons (Fsp3) is 0.414. The number of anilines is 1. The fourth-order valence-electron chi connectivity index (χ4n) is 5.63. The highest BCUT2D eigenvalue weighted by Gasteiger charge is 2.58. The Hall–Kier alpha value is -3.93. The van der Waals surface area contributed by atoms with Crippen LogP contribution in [0.15, 0.2) is 71.8 Å². The number of hydrogen-bond acceptors (Lipinski definition) is 6. The molecule has 1 aliphatic heterocycles. The fourth-order valence-corrected chi connectivity index (χ4v) is 5.63. The summed E-state index contributed by atoms with van der Waals surface area (Å²) in [5, 5.41) is 11.0. The van der Waals surface area contributed by atoms with E-state index in [4.69, 9.17) is 10.5 Å². The number of nitrogens with two attached hydrogens (primary N) is 1. The van der Waals surface area contributed by atoms with E-state index >= 15 is 8.78 Å². The van der Waals surface area contributed by atoms with Crippen molar-refractivity contribution in [3.8, 4) is 11.6 Å². The number of nitrogens with zero attached hydrogens (tertiary/aromatic N) is 3. The number of ether oxygens (including phenoxy) is 1. The second-order valence-electron chi connectivity index (χ2n) is 10.8. The third kappa shape index (κ3) is 5.79. The molecule has 3 atom stereocenters. The zero-order valence-electron chi connectivity index (χ0n) is 22.1. The maximum atomic E-state index is 15.5. The molecule has 12 heteroatoms. The number of likely N-dealkylation sites (tertiary alicyclic amines) is 1. The van der Waals surface area contributed by atoms with E-state index in [0.717, 1.165) is 15.8 Å². The lowest BCUT2D eigenvalue weighted by Crippen LogP contribution is -2.64. The summed E-state index contributed by atoms with van der Waals surface area (Å²) in [6.45, 7) is -2.19. The predicted octanol–water partition coefficient (Wildman–Crippen LogP) is 4.44. The van der Waals surface area contributed by atoms with Crippen molar-refractivity contribution in [1.82, 2.24) is 14.5 Å². The minimum Gasteiger partial charge on any atom is -0.437 e. The van der Waals surface area contributed by atoms with E-state index in [9.17, 15) is 23.5 Å². The standard InChI is InChI=1S/C29H30F4N4O4/c30-28(31)12-11-21(22(15-28)19-7-3-1-4-8-19)25(38)36-14-13-27(40,29(32,33)17-36)16-37-18-35-24(23(34)26(37)39)41-20-9-5-2-6-10-20/h1-10,18,21-22,40H,11-17,34H2/t21-,22+,27-/m1/s1. The molecule has 0 unspecified atom stereocenters. The van der Waals surface area contributed by atoms with Gasteiger partial charge in [0.25, 0.3) is 11.5 Å². The van der Waals surface area contributed by atoms with Gasteiger partial charge in [0.15, 0.2) is 5.69 Å². The van der Waals surface area contributed by atoms with Gasteiger partial charge in [0.1, 0.15) is 17.7 Å². The van der Waals surface area contributed by atoms with Gasteiger partial charge >= 0.3 is 0 Å². The molecule has 1 aliphatic carbocycles. The highest BCUT2D eigenvalue weighted by molar-refractivity contribution is 5.80. The minimum absolute atomic E-state index is 0.143. The number of carbonyl (C=O) groups is 1. The molecule has 5 rings (SSSR count). The van der Waals surface area contributed by atoms with Crippen molar-refractivity contribution < 1.29 is 32.2 Å². The van der Waals surface area contributed by atoms with Gasteiger partial charge in [-0.3, -0.25) is 14.2 Å². The number of rotatable bonds is 6. The number of hydrogen-bond donors (Lipinski definition) is 2. The molecule has 0 bridgehead atoms. The number of carbonyl (C=O) groups excluding carboxylic acids is 1. The Labute approximate surface area is 233 Å². The van der Waals surface area contributed by atoms with E-state index in [2.05, 4.69) is 4.98 Å². The van der Waals surface area contributed by atoms with Crippen LogP contribution in [0.5, 0.6) is 11.6 Å². The lowest BCUT2D eigenvalue weighted by Gasteiger charge is -2.46. The number of benzene rings is 2. The zero-order valence-corrected chi connectivity index (χ0v) is 22.1. The molecule has 1 aromatic heterocycles. The smallest absolute Gasteiger partial charge is 0.295 e. The van der Waals surface area contributed by atoms with Crippen LogP contribution in [0.4, 0.5) is 23.2 Å². The topological polar surface area (TPSA) is 111 Å². The lowest BCUT2D eigenvalue weighted by molar-refractivity contribution is -0.223. The highest BCUT2D eigenvalue weighted by atomic mass is 19.3. The summed E-state index contributed by atoms with van der Waals surface area (Å²) in [4.78, 5) is 31.2. The summed E-state index contributed by atoms with van der Waals surface area (Å²) in [7, 11) is 0. The molecular formula is C29H30F4N4O4. The summed E-state index contributed by atoms with van der Waals surface area (Å²) in [6.07, 6.45) is -0.797.